The van der Waals surface area contributed by atoms with Gasteiger partial charge in [-0.2, -0.15) is 0 Å². The van der Waals surface area contributed by atoms with Crippen molar-refractivity contribution in [3.05, 3.63) is 253 Å². The Morgan fingerprint density at radius 1 is 0.200 bits per heavy atom. The molecule has 0 bridgehead atoms. The molecule has 0 fully saturated rings. The summed E-state index contributed by atoms with van der Waals surface area (Å²) in [4.78, 5) is 0. The highest BCUT2D eigenvalue weighted by atomic mass is 14.4. The van der Waals surface area contributed by atoms with Crippen molar-refractivity contribution < 1.29 is 0 Å². The summed E-state index contributed by atoms with van der Waals surface area (Å²) in [5.41, 5.74) is 23.3. The SMILES string of the molecule is CC1(C)c2ccccc2-c2ccc(-c3c4ccccc4c(-c4ccc(-c5ccc6c(c5)C(C)(C)c5cc(-c7c8ccccc8c(-c8ccccc8)c8ccccc78)ccc5-6)cc4)c4ccccc34)cc21. The topological polar surface area (TPSA) is 0 Å². The van der Waals surface area contributed by atoms with Gasteiger partial charge in [-0.1, -0.05) is 240 Å². The molecule has 12 aromatic carbocycles. The second kappa shape index (κ2) is 15.1. The zero-order valence-corrected chi connectivity index (χ0v) is 39.9. The number of benzene rings is 12. The van der Waals surface area contributed by atoms with E-state index in [1.54, 1.807) is 0 Å². The predicted octanol–water partition coefficient (Wildman–Crippen LogP) is 19.2. The lowest BCUT2D eigenvalue weighted by Gasteiger charge is -2.23. The molecular formula is C70H50. The van der Waals surface area contributed by atoms with Gasteiger partial charge in [-0.25, -0.2) is 0 Å². The summed E-state index contributed by atoms with van der Waals surface area (Å²) in [6.07, 6.45) is 0. The molecule has 2 aliphatic rings. The zero-order valence-electron chi connectivity index (χ0n) is 39.9. The van der Waals surface area contributed by atoms with Gasteiger partial charge in [-0.05, 0) is 161 Å². The highest BCUT2D eigenvalue weighted by Gasteiger charge is 2.37. The molecule has 0 spiro atoms. The van der Waals surface area contributed by atoms with Crippen LogP contribution in [0.5, 0.6) is 0 Å². The van der Waals surface area contributed by atoms with E-state index >= 15 is 0 Å². The Kier molecular flexibility index (Phi) is 8.78. The molecule has 12 aromatic rings. The molecule has 0 aromatic heterocycles. The summed E-state index contributed by atoms with van der Waals surface area (Å²) in [6, 6.07) is 86.7. The van der Waals surface area contributed by atoms with Gasteiger partial charge in [0.15, 0.2) is 0 Å². The standard InChI is InChI=1S/C70H50/c1-69(2)61-29-17-16-20-49(61)50-38-35-47(41-63(50)69)67-59-27-14-10-23-55(59)66(56-24-11-15-28-60(56)67)45-32-30-43(31-33-45)46-34-37-51-52-39-36-48(42-64(52)70(3,4)62(51)40-46)68-57-25-12-8-21-53(57)65(44-18-6-5-7-19-44)54-22-9-13-26-58(54)68/h5-42H,1-4H3. The van der Waals surface area contributed by atoms with Crippen molar-refractivity contribution in [1.82, 2.24) is 0 Å². The Labute approximate surface area is 410 Å². The van der Waals surface area contributed by atoms with Crippen LogP contribution in [0.15, 0.2) is 231 Å². The highest BCUT2D eigenvalue weighted by Crippen LogP contribution is 2.54. The summed E-state index contributed by atoms with van der Waals surface area (Å²) in [5.74, 6) is 0. The first kappa shape index (κ1) is 40.7. The van der Waals surface area contributed by atoms with E-state index in [4.69, 9.17) is 0 Å². The molecule has 0 heteroatoms. The minimum absolute atomic E-state index is 0.0701. The lowest BCUT2D eigenvalue weighted by molar-refractivity contribution is 0.660. The van der Waals surface area contributed by atoms with E-state index in [-0.39, 0.29) is 10.8 Å². The lowest BCUT2D eigenvalue weighted by Crippen LogP contribution is -2.15. The zero-order chi connectivity index (χ0) is 46.9. The number of rotatable bonds is 5. The van der Waals surface area contributed by atoms with Crippen LogP contribution in [0.3, 0.4) is 0 Å². The van der Waals surface area contributed by atoms with E-state index in [9.17, 15) is 0 Å². The molecule has 0 radical (unpaired) electrons. The molecule has 330 valence electrons. The minimum Gasteiger partial charge on any atom is -0.0622 e. The Morgan fingerprint density at radius 2 is 0.471 bits per heavy atom. The van der Waals surface area contributed by atoms with Crippen molar-refractivity contribution in [2.24, 2.45) is 0 Å². The van der Waals surface area contributed by atoms with Crippen molar-refractivity contribution in [2.45, 2.75) is 38.5 Å². The van der Waals surface area contributed by atoms with Gasteiger partial charge in [0.05, 0.1) is 0 Å². The fourth-order valence-electron chi connectivity index (χ4n) is 12.9. The highest BCUT2D eigenvalue weighted by molar-refractivity contribution is 6.23. The molecule has 0 heterocycles. The Morgan fingerprint density at radius 3 is 0.900 bits per heavy atom. The van der Waals surface area contributed by atoms with Crippen LogP contribution < -0.4 is 0 Å². The quantitative estimate of drug-likeness (QED) is 0.151. The van der Waals surface area contributed by atoms with Gasteiger partial charge >= 0.3 is 0 Å². The normalized spacial score (nSPS) is 13.9. The third-order valence-corrected chi connectivity index (χ3v) is 16.3. The van der Waals surface area contributed by atoms with E-state index in [2.05, 4.69) is 258 Å². The monoisotopic (exact) mass is 890 g/mol. The van der Waals surface area contributed by atoms with Crippen LogP contribution in [0.25, 0.3) is 121 Å². The first-order chi connectivity index (χ1) is 34.3. The first-order valence-electron chi connectivity index (χ1n) is 24.8. The van der Waals surface area contributed by atoms with E-state index in [0.717, 1.165) is 0 Å². The summed E-state index contributed by atoms with van der Waals surface area (Å²) >= 11 is 0. The van der Waals surface area contributed by atoms with E-state index in [1.165, 1.54) is 143 Å². The third kappa shape index (κ3) is 5.83. The van der Waals surface area contributed by atoms with Gasteiger partial charge in [0.2, 0.25) is 0 Å². The number of hydrogen-bond acceptors (Lipinski definition) is 0. The predicted molar refractivity (Wildman–Crippen MR) is 299 cm³/mol. The fraction of sp³-hybridized carbons (Fsp3) is 0.0857. The van der Waals surface area contributed by atoms with Crippen LogP contribution in [-0.4, -0.2) is 0 Å². The molecule has 0 atom stereocenters. The molecule has 70 heavy (non-hydrogen) atoms. The second-order valence-electron chi connectivity index (χ2n) is 20.7. The fourth-order valence-corrected chi connectivity index (χ4v) is 12.9. The van der Waals surface area contributed by atoms with Crippen molar-refractivity contribution >= 4 is 43.1 Å². The Balaban J connectivity index is 0.840. The summed E-state index contributed by atoms with van der Waals surface area (Å²) in [6.45, 7) is 9.56. The molecule has 0 N–H and O–H groups in total. The van der Waals surface area contributed by atoms with Gasteiger partial charge < -0.3 is 0 Å². The van der Waals surface area contributed by atoms with Gasteiger partial charge in [0, 0.05) is 10.8 Å². The van der Waals surface area contributed by atoms with E-state index < -0.39 is 0 Å². The van der Waals surface area contributed by atoms with Crippen molar-refractivity contribution in [3.63, 3.8) is 0 Å². The van der Waals surface area contributed by atoms with Crippen LogP contribution in [0.4, 0.5) is 0 Å². The Hall–Kier alpha value is -8.32. The molecule has 0 nitrogen and oxygen atoms in total. The molecule has 0 aliphatic heterocycles. The van der Waals surface area contributed by atoms with E-state index in [0.29, 0.717) is 0 Å². The Bertz CT molecular complexity index is 4030. The van der Waals surface area contributed by atoms with Gasteiger partial charge in [-0.15, -0.1) is 0 Å². The molecule has 2 aliphatic carbocycles. The van der Waals surface area contributed by atoms with Crippen LogP contribution in [0.2, 0.25) is 0 Å². The molecule has 0 saturated heterocycles. The van der Waals surface area contributed by atoms with Gasteiger partial charge in [-0.3, -0.25) is 0 Å². The van der Waals surface area contributed by atoms with Crippen molar-refractivity contribution in [1.29, 1.82) is 0 Å². The maximum absolute atomic E-state index is 2.49. The van der Waals surface area contributed by atoms with Crippen LogP contribution in [0.1, 0.15) is 49.9 Å². The maximum atomic E-state index is 2.49. The second-order valence-corrected chi connectivity index (χ2v) is 20.7. The number of fused-ring (bicyclic) bond motifs is 10. The largest absolute Gasteiger partial charge is 0.0622 e. The molecule has 0 unspecified atom stereocenters. The lowest BCUT2D eigenvalue weighted by atomic mass is 9.80. The molecular weight excluding hydrogens is 841 g/mol. The molecule has 0 saturated carbocycles. The average molecular weight is 891 g/mol. The average Bonchev–Trinajstić information content (AvgIpc) is 3.77. The smallest absolute Gasteiger partial charge is 0.0159 e. The maximum Gasteiger partial charge on any atom is 0.0159 e. The summed E-state index contributed by atoms with van der Waals surface area (Å²) in [7, 11) is 0. The third-order valence-electron chi connectivity index (χ3n) is 16.3. The van der Waals surface area contributed by atoms with Gasteiger partial charge in [0.25, 0.3) is 0 Å². The van der Waals surface area contributed by atoms with Crippen LogP contribution in [0, 0.1) is 0 Å². The summed E-state index contributed by atoms with van der Waals surface area (Å²) in [5, 5.41) is 10.2. The molecule has 14 rings (SSSR count). The van der Waals surface area contributed by atoms with Crippen LogP contribution in [-0.2, 0) is 10.8 Å². The van der Waals surface area contributed by atoms with Crippen molar-refractivity contribution in [2.75, 3.05) is 0 Å². The summed E-state index contributed by atoms with van der Waals surface area (Å²) < 4.78 is 0. The van der Waals surface area contributed by atoms with Crippen LogP contribution >= 0.6 is 0 Å². The molecule has 0 amide bonds. The number of hydrogen-bond donors (Lipinski definition) is 0. The van der Waals surface area contributed by atoms with Gasteiger partial charge in [0.1, 0.15) is 0 Å². The van der Waals surface area contributed by atoms with E-state index in [1.807, 2.05) is 0 Å². The first-order valence-corrected chi connectivity index (χ1v) is 24.8. The minimum atomic E-state index is -0.190. The van der Waals surface area contributed by atoms with Crippen molar-refractivity contribution in [3.8, 4) is 77.9 Å².